The third-order valence-electron chi connectivity index (χ3n) is 5.23. The monoisotopic (exact) mass is 410 g/mol. The van der Waals surface area contributed by atoms with Crippen LogP contribution in [0.2, 0.25) is 5.02 Å². The predicted octanol–water partition coefficient (Wildman–Crippen LogP) is 5.87. The van der Waals surface area contributed by atoms with Crippen molar-refractivity contribution in [2.45, 2.75) is 25.8 Å². The van der Waals surface area contributed by atoms with E-state index in [0.717, 1.165) is 35.6 Å². The van der Waals surface area contributed by atoms with Gasteiger partial charge in [0.1, 0.15) is 0 Å². The summed E-state index contributed by atoms with van der Waals surface area (Å²) in [6.07, 6.45) is 3.70. The molecule has 2 aromatic carbocycles. The van der Waals surface area contributed by atoms with Gasteiger partial charge in [0.05, 0.1) is 10.6 Å². The Morgan fingerprint density at radius 1 is 1.00 bits per heavy atom. The van der Waals surface area contributed by atoms with Crippen LogP contribution in [0.5, 0.6) is 0 Å². The summed E-state index contributed by atoms with van der Waals surface area (Å²) in [4.78, 5) is 16.9. The van der Waals surface area contributed by atoms with E-state index in [1.165, 1.54) is 30.6 Å². The van der Waals surface area contributed by atoms with E-state index in [0.29, 0.717) is 21.2 Å². The number of carbonyl (C=O) groups is 1. The number of hydrogen-bond donors (Lipinski definition) is 1. The molecule has 2 N–H and O–H groups in total. The highest BCUT2D eigenvalue weighted by Gasteiger charge is 2.26. The molecule has 0 spiro atoms. The average molecular weight is 411 g/mol. The Bertz CT molecular complexity index is 960. The molecule has 28 heavy (non-hydrogen) atoms. The molecule has 0 amide bonds. The molecule has 1 aromatic heterocycles. The van der Waals surface area contributed by atoms with Gasteiger partial charge in [-0.25, -0.2) is 0 Å². The van der Waals surface area contributed by atoms with Crippen LogP contribution in [0.15, 0.2) is 54.6 Å². The number of nitrogen functional groups attached to an aromatic ring is 1. The van der Waals surface area contributed by atoms with Crippen molar-refractivity contribution in [1.82, 2.24) is 4.90 Å². The highest BCUT2D eigenvalue weighted by Crippen LogP contribution is 2.40. The van der Waals surface area contributed by atoms with E-state index in [-0.39, 0.29) is 5.78 Å². The molecule has 1 fully saturated rings. The van der Waals surface area contributed by atoms with Gasteiger partial charge in [-0.2, -0.15) is 0 Å². The van der Waals surface area contributed by atoms with Crippen molar-refractivity contribution >= 4 is 33.7 Å². The van der Waals surface area contributed by atoms with Crippen molar-refractivity contribution < 1.29 is 4.79 Å². The summed E-state index contributed by atoms with van der Waals surface area (Å²) in [5.41, 5.74) is 9.84. The maximum absolute atomic E-state index is 13.4. The van der Waals surface area contributed by atoms with Crippen LogP contribution in [0.25, 0.3) is 10.4 Å². The lowest BCUT2D eigenvalue weighted by atomic mass is 9.97. The van der Waals surface area contributed by atoms with E-state index in [1.54, 1.807) is 24.3 Å². The summed E-state index contributed by atoms with van der Waals surface area (Å²) >= 11 is 7.51. The fourth-order valence-corrected chi connectivity index (χ4v) is 5.00. The Morgan fingerprint density at radius 2 is 1.68 bits per heavy atom. The third kappa shape index (κ3) is 4.00. The third-order valence-corrected chi connectivity index (χ3v) is 6.60. The Kier molecular flexibility index (Phi) is 5.81. The van der Waals surface area contributed by atoms with Crippen LogP contribution < -0.4 is 5.73 Å². The summed E-state index contributed by atoms with van der Waals surface area (Å²) in [6.45, 7) is 2.89. The molecule has 5 heteroatoms. The molecule has 0 atom stereocenters. The number of piperidine rings is 1. The Balaban J connectivity index is 1.79. The number of hydrogen-bond acceptors (Lipinski definition) is 4. The van der Waals surface area contributed by atoms with Crippen LogP contribution in [0.3, 0.4) is 0 Å². The zero-order chi connectivity index (χ0) is 19.5. The Hall–Kier alpha value is -2.14. The molecule has 3 nitrogen and oxygen atoms in total. The average Bonchev–Trinajstić information content (AvgIpc) is 3.05. The number of likely N-dealkylation sites (tertiary alicyclic amines) is 1. The molecular weight excluding hydrogens is 388 g/mol. The molecule has 4 rings (SSSR count). The zero-order valence-corrected chi connectivity index (χ0v) is 17.2. The lowest BCUT2D eigenvalue weighted by Gasteiger charge is -2.27. The molecule has 0 radical (unpaired) electrons. The highest BCUT2D eigenvalue weighted by molar-refractivity contribution is 7.20. The summed E-state index contributed by atoms with van der Waals surface area (Å²) in [5, 5.41) is 1.21. The fraction of sp³-hybridized carbons (Fsp3) is 0.261. The number of anilines is 1. The van der Waals surface area contributed by atoms with Gasteiger partial charge in [-0.3, -0.25) is 9.69 Å². The summed E-state index contributed by atoms with van der Waals surface area (Å²) < 4.78 is 0. The topological polar surface area (TPSA) is 46.3 Å². The van der Waals surface area contributed by atoms with Gasteiger partial charge in [0.25, 0.3) is 0 Å². The molecule has 1 aliphatic rings. The van der Waals surface area contributed by atoms with Crippen LogP contribution in [-0.4, -0.2) is 23.8 Å². The van der Waals surface area contributed by atoms with Gasteiger partial charge < -0.3 is 5.73 Å². The minimum Gasteiger partial charge on any atom is -0.390 e. The van der Waals surface area contributed by atoms with Crippen molar-refractivity contribution in [2.75, 3.05) is 18.8 Å². The van der Waals surface area contributed by atoms with Crippen molar-refractivity contribution in [2.24, 2.45) is 0 Å². The van der Waals surface area contributed by atoms with Crippen LogP contribution in [0.4, 0.5) is 5.00 Å². The van der Waals surface area contributed by atoms with Crippen molar-refractivity contribution in [3.63, 3.8) is 0 Å². The number of thiophene rings is 1. The molecule has 1 aliphatic heterocycles. The zero-order valence-electron chi connectivity index (χ0n) is 15.7. The molecular formula is C23H23ClN2OS. The van der Waals surface area contributed by atoms with Gasteiger partial charge in [0.2, 0.25) is 0 Å². The van der Waals surface area contributed by atoms with E-state index < -0.39 is 0 Å². The maximum Gasteiger partial charge on any atom is 0.196 e. The first-order valence-electron chi connectivity index (χ1n) is 9.62. The van der Waals surface area contributed by atoms with Crippen molar-refractivity contribution in [3.8, 4) is 10.4 Å². The van der Waals surface area contributed by atoms with E-state index in [1.807, 2.05) is 18.2 Å². The normalized spacial score (nSPS) is 14.9. The maximum atomic E-state index is 13.4. The number of rotatable bonds is 5. The molecule has 0 aliphatic carbocycles. The van der Waals surface area contributed by atoms with Gasteiger partial charge in [-0.05, 0) is 61.3 Å². The second kappa shape index (κ2) is 8.48. The van der Waals surface area contributed by atoms with Gasteiger partial charge in [0.15, 0.2) is 5.78 Å². The van der Waals surface area contributed by atoms with E-state index in [2.05, 4.69) is 17.0 Å². The van der Waals surface area contributed by atoms with Gasteiger partial charge >= 0.3 is 0 Å². The smallest absolute Gasteiger partial charge is 0.196 e. The first kappa shape index (κ1) is 19.2. The molecule has 0 unspecified atom stereocenters. The van der Waals surface area contributed by atoms with Crippen LogP contribution >= 0.6 is 22.9 Å². The number of nitrogens with zero attached hydrogens (tertiary/aromatic N) is 1. The largest absolute Gasteiger partial charge is 0.390 e. The van der Waals surface area contributed by atoms with Crippen molar-refractivity contribution in [1.29, 1.82) is 0 Å². The molecule has 144 valence electrons. The molecule has 0 saturated carbocycles. The predicted molar refractivity (Wildman–Crippen MR) is 118 cm³/mol. The number of nitrogens with two attached hydrogens (primary N) is 1. The summed E-state index contributed by atoms with van der Waals surface area (Å²) in [7, 11) is 0. The van der Waals surface area contributed by atoms with Gasteiger partial charge in [-0.15, -0.1) is 11.3 Å². The number of benzene rings is 2. The number of ketones is 1. The minimum atomic E-state index is -0.0281. The lowest BCUT2D eigenvalue weighted by Crippen LogP contribution is -2.29. The second-order valence-electron chi connectivity index (χ2n) is 7.19. The quantitative estimate of drug-likeness (QED) is 0.535. The first-order chi connectivity index (χ1) is 13.6. The second-order valence-corrected chi connectivity index (χ2v) is 8.68. The Labute approximate surface area is 174 Å². The fourth-order valence-electron chi connectivity index (χ4n) is 3.79. The molecule has 1 saturated heterocycles. The van der Waals surface area contributed by atoms with Crippen LogP contribution in [-0.2, 0) is 6.54 Å². The molecule has 3 aromatic rings. The SMILES string of the molecule is Nc1sc(-c2ccccc2)c(CN2CCCCC2)c1C(=O)c1ccc(Cl)cc1. The molecule has 2 heterocycles. The van der Waals surface area contributed by atoms with Crippen molar-refractivity contribution in [3.05, 3.63) is 76.3 Å². The number of halogens is 1. The highest BCUT2D eigenvalue weighted by atomic mass is 35.5. The van der Waals surface area contributed by atoms with Crippen LogP contribution in [0.1, 0.15) is 40.7 Å². The first-order valence-corrected chi connectivity index (χ1v) is 10.8. The lowest BCUT2D eigenvalue weighted by molar-refractivity contribution is 0.103. The minimum absolute atomic E-state index is 0.0281. The molecule has 0 bridgehead atoms. The standard InChI is InChI=1S/C23H23ClN2OS/c24-18-11-9-16(10-12-18)21(27)20-19(15-26-13-5-2-6-14-26)22(28-23(20)25)17-7-3-1-4-8-17/h1,3-4,7-12H,2,5-6,13-15,25H2. The van der Waals surface area contributed by atoms with Crippen LogP contribution in [0, 0.1) is 0 Å². The Morgan fingerprint density at radius 3 is 2.36 bits per heavy atom. The van der Waals surface area contributed by atoms with Gasteiger partial charge in [-0.1, -0.05) is 48.4 Å². The van der Waals surface area contributed by atoms with E-state index >= 15 is 0 Å². The van der Waals surface area contributed by atoms with E-state index in [9.17, 15) is 4.79 Å². The number of carbonyl (C=O) groups excluding carboxylic acids is 1. The van der Waals surface area contributed by atoms with Gasteiger partial charge in [0, 0.05) is 22.0 Å². The summed E-state index contributed by atoms with van der Waals surface area (Å²) in [5.74, 6) is -0.0281. The van der Waals surface area contributed by atoms with E-state index in [4.69, 9.17) is 17.3 Å². The summed E-state index contributed by atoms with van der Waals surface area (Å²) in [6, 6.07) is 17.3.